The van der Waals surface area contributed by atoms with E-state index in [1.165, 1.54) is 33.0 Å². The molecular formula is C21H20O. The Labute approximate surface area is 131 Å². The highest BCUT2D eigenvalue weighted by atomic mass is 16.5. The molecule has 0 N–H and O–H groups in total. The minimum atomic E-state index is 0.943. The molecule has 3 aromatic rings. The normalized spacial score (nSPS) is 11.2. The van der Waals surface area contributed by atoms with Gasteiger partial charge in [-0.1, -0.05) is 54.6 Å². The number of methoxy groups -OCH3 is 1. The monoisotopic (exact) mass is 288 g/mol. The third kappa shape index (κ3) is 2.89. The lowest BCUT2D eigenvalue weighted by Crippen LogP contribution is -1.91. The van der Waals surface area contributed by atoms with Gasteiger partial charge in [0.1, 0.15) is 5.75 Å². The molecule has 3 rings (SSSR count). The Morgan fingerprint density at radius 3 is 2.36 bits per heavy atom. The van der Waals surface area contributed by atoms with Crippen LogP contribution in [0.25, 0.3) is 22.9 Å². The Morgan fingerprint density at radius 1 is 0.818 bits per heavy atom. The summed E-state index contributed by atoms with van der Waals surface area (Å²) in [4.78, 5) is 0. The van der Waals surface area contributed by atoms with Gasteiger partial charge in [0.25, 0.3) is 0 Å². The number of hydrogen-bond donors (Lipinski definition) is 0. The predicted octanol–water partition coefficient (Wildman–Crippen LogP) is 5.64. The average molecular weight is 288 g/mol. The van der Waals surface area contributed by atoms with Gasteiger partial charge in [-0.3, -0.25) is 0 Å². The second-order valence-electron chi connectivity index (χ2n) is 5.62. The number of ether oxygens (including phenoxy) is 1. The second-order valence-corrected chi connectivity index (χ2v) is 5.62. The molecular weight excluding hydrogens is 268 g/mol. The predicted molar refractivity (Wildman–Crippen MR) is 95.3 cm³/mol. The van der Waals surface area contributed by atoms with Gasteiger partial charge >= 0.3 is 0 Å². The van der Waals surface area contributed by atoms with Crippen LogP contribution in [0.3, 0.4) is 0 Å². The van der Waals surface area contributed by atoms with E-state index >= 15 is 0 Å². The van der Waals surface area contributed by atoms with Crippen LogP contribution in [-0.4, -0.2) is 7.11 Å². The van der Waals surface area contributed by atoms with E-state index in [0.717, 1.165) is 5.75 Å². The summed E-state index contributed by atoms with van der Waals surface area (Å²) in [6.07, 6.45) is 4.32. The summed E-state index contributed by atoms with van der Waals surface area (Å²) < 4.78 is 5.44. The van der Waals surface area contributed by atoms with Gasteiger partial charge in [-0.25, -0.2) is 0 Å². The van der Waals surface area contributed by atoms with Gasteiger partial charge in [-0.05, 0) is 59.0 Å². The van der Waals surface area contributed by atoms with Crippen molar-refractivity contribution in [2.45, 2.75) is 13.8 Å². The fraction of sp³-hybridized carbons (Fsp3) is 0.143. The molecule has 0 bridgehead atoms. The summed E-state index contributed by atoms with van der Waals surface area (Å²) in [6, 6.07) is 19.2. The quantitative estimate of drug-likeness (QED) is 0.567. The molecule has 0 aromatic heterocycles. The maximum absolute atomic E-state index is 5.44. The van der Waals surface area contributed by atoms with Crippen molar-refractivity contribution in [3.05, 3.63) is 76.9 Å². The summed E-state index contributed by atoms with van der Waals surface area (Å²) in [5.74, 6) is 0.943. The van der Waals surface area contributed by atoms with Crippen LogP contribution >= 0.6 is 0 Å². The van der Waals surface area contributed by atoms with Crippen molar-refractivity contribution in [3.8, 4) is 5.75 Å². The number of benzene rings is 3. The lowest BCUT2D eigenvalue weighted by atomic mass is 10.0. The minimum Gasteiger partial charge on any atom is -0.496 e. The van der Waals surface area contributed by atoms with Crippen molar-refractivity contribution in [1.82, 2.24) is 0 Å². The summed E-state index contributed by atoms with van der Waals surface area (Å²) in [5, 5.41) is 2.54. The number of aryl methyl sites for hydroxylation is 1. The Balaban J connectivity index is 1.97. The minimum absolute atomic E-state index is 0.943. The first-order valence-corrected chi connectivity index (χ1v) is 7.49. The lowest BCUT2D eigenvalue weighted by molar-refractivity contribution is 0.411. The van der Waals surface area contributed by atoms with Crippen LogP contribution in [0.5, 0.6) is 5.75 Å². The first kappa shape index (κ1) is 14.4. The van der Waals surface area contributed by atoms with Gasteiger partial charge in [0, 0.05) is 0 Å². The van der Waals surface area contributed by atoms with E-state index in [-0.39, 0.29) is 0 Å². The standard InChI is InChI=1S/C21H20O/c1-15-12-19(16(2)21(13-15)22-3)11-9-17-8-10-18-6-4-5-7-20(18)14-17/h4-14H,1-3H3/b11-9+. The third-order valence-electron chi connectivity index (χ3n) is 3.99. The zero-order chi connectivity index (χ0) is 15.5. The van der Waals surface area contributed by atoms with E-state index in [1.54, 1.807) is 7.11 Å². The number of hydrogen-bond acceptors (Lipinski definition) is 1. The van der Waals surface area contributed by atoms with Crippen molar-refractivity contribution in [2.75, 3.05) is 7.11 Å². The highest BCUT2D eigenvalue weighted by molar-refractivity contribution is 5.86. The number of rotatable bonds is 3. The lowest BCUT2D eigenvalue weighted by Gasteiger charge is -2.09. The van der Waals surface area contributed by atoms with Crippen LogP contribution in [0.15, 0.2) is 54.6 Å². The molecule has 0 saturated carbocycles. The fourth-order valence-electron chi connectivity index (χ4n) is 2.74. The van der Waals surface area contributed by atoms with Crippen LogP contribution in [-0.2, 0) is 0 Å². The average Bonchev–Trinajstić information content (AvgIpc) is 2.55. The second kappa shape index (κ2) is 6.07. The Bertz CT molecular complexity index is 844. The molecule has 0 fully saturated rings. The van der Waals surface area contributed by atoms with Crippen LogP contribution < -0.4 is 4.74 Å². The summed E-state index contributed by atoms with van der Waals surface area (Å²) in [6.45, 7) is 4.19. The van der Waals surface area contributed by atoms with Crippen molar-refractivity contribution >= 4 is 22.9 Å². The van der Waals surface area contributed by atoms with E-state index in [9.17, 15) is 0 Å². The molecule has 0 aliphatic heterocycles. The van der Waals surface area contributed by atoms with Crippen molar-refractivity contribution in [3.63, 3.8) is 0 Å². The van der Waals surface area contributed by atoms with Crippen LogP contribution in [0.4, 0.5) is 0 Å². The summed E-state index contributed by atoms with van der Waals surface area (Å²) in [7, 11) is 1.72. The topological polar surface area (TPSA) is 9.23 Å². The van der Waals surface area contributed by atoms with E-state index in [2.05, 4.69) is 80.6 Å². The van der Waals surface area contributed by atoms with Gasteiger partial charge in [0.2, 0.25) is 0 Å². The van der Waals surface area contributed by atoms with Gasteiger partial charge in [0.05, 0.1) is 7.11 Å². The molecule has 0 aliphatic rings. The SMILES string of the molecule is COc1cc(C)cc(/C=C/c2ccc3ccccc3c2)c1C. The maximum atomic E-state index is 5.44. The molecule has 3 aromatic carbocycles. The first-order chi connectivity index (χ1) is 10.7. The van der Waals surface area contributed by atoms with Crippen molar-refractivity contribution in [2.24, 2.45) is 0 Å². The van der Waals surface area contributed by atoms with Gasteiger partial charge in [-0.15, -0.1) is 0 Å². The molecule has 0 atom stereocenters. The van der Waals surface area contributed by atoms with Gasteiger partial charge in [0.15, 0.2) is 0 Å². The Morgan fingerprint density at radius 2 is 1.59 bits per heavy atom. The van der Waals surface area contributed by atoms with E-state index in [1.807, 2.05) is 0 Å². The zero-order valence-corrected chi connectivity index (χ0v) is 13.3. The van der Waals surface area contributed by atoms with Crippen LogP contribution in [0.1, 0.15) is 22.3 Å². The summed E-state index contributed by atoms with van der Waals surface area (Å²) >= 11 is 0. The molecule has 0 saturated heterocycles. The van der Waals surface area contributed by atoms with E-state index in [0.29, 0.717) is 0 Å². The molecule has 0 spiro atoms. The van der Waals surface area contributed by atoms with Gasteiger partial charge < -0.3 is 4.74 Å². The number of fused-ring (bicyclic) bond motifs is 1. The largest absolute Gasteiger partial charge is 0.496 e. The molecule has 0 radical (unpaired) electrons. The Hall–Kier alpha value is -2.54. The molecule has 0 unspecified atom stereocenters. The zero-order valence-electron chi connectivity index (χ0n) is 13.3. The maximum Gasteiger partial charge on any atom is 0.122 e. The first-order valence-electron chi connectivity index (χ1n) is 7.49. The Kier molecular flexibility index (Phi) is 3.97. The van der Waals surface area contributed by atoms with Crippen LogP contribution in [0.2, 0.25) is 0 Å². The molecule has 0 heterocycles. The molecule has 0 aliphatic carbocycles. The molecule has 0 amide bonds. The highest BCUT2D eigenvalue weighted by Crippen LogP contribution is 2.25. The van der Waals surface area contributed by atoms with E-state index < -0.39 is 0 Å². The smallest absolute Gasteiger partial charge is 0.122 e. The molecule has 22 heavy (non-hydrogen) atoms. The molecule has 1 heteroatoms. The summed E-state index contributed by atoms with van der Waals surface area (Å²) in [5.41, 5.74) is 4.79. The third-order valence-corrected chi connectivity index (χ3v) is 3.99. The van der Waals surface area contributed by atoms with Gasteiger partial charge in [-0.2, -0.15) is 0 Å². The fourth-order valence-corrected chi connectivity index (χ4v) is 2.74. The van der Waals surface area contributed by atoms with Crippen LogP contribution in [0, 0.1) is 13.8 Å². The molecule has 1 nitrogen and oxygen atoms in total. The van der Waals surface area contributed by atoms with E-state index in [4.69, 9.17) is 4.74 Å². The highest BCUT2D eigenvalue weighted by Gasteiger charge is 2.03. The van der Waals surface area contributed by atoms with Crippen molar-refractivity contribution in [1.29, 1.82) is 0 Å². The molecule has 110 valence electrons. The van der Waals surface area contributed by atoms with Crippen molar-refractivity contribution < 1.29 is 4.74 Å².